The summed E-state index contributed by atoms with van der Waals surface area (Å²) in [5.74, 6) is -2.03. The highest BCUT2D eigenvalue weighted by atomic mass is 16.4. The highest BCUT2D eigenvalue weighted by Gasteiger charge is 2.31. The summed E-state index contributed by atoms with van der Waals surface area (Å²) in [5, 5.41) is 12.9. The molecule has 0 N–H and O–H groups in total. The van der Waals surface area contributed by atoms with E-state index in [1.165, 1.54) is 0 Å². The monoisotopic (exact) mass is 254 g/mol. The predicted molar refractivity (Wildman–Crippen MR) is 69.4 cm³/mol. The maximum atomic E-state index is 12.0. The first-order chi connectivity index (χ1) is 9.16. The van der Waals surface area contributed by atoms with Gasteiger partial charge in [-0.25, -0.2) is 0 Å². The fraction of sp³-hybridized carbons (Fsp3) is 0.200. The summed E-state index contributed by atoms with van der Waals surface area (Å²) < 4.78 is 0. The van der Waals surface area contributed by atoms with E-state index in [4.69, 9.17) is 0 Å². The van der Waals surface area contributed by atoms with Crippen LogP contribution in [0.3, 0.4) is 0 Å². The Morgan fingerprint density at radius 2 is 1.89 bits per heavy atom. The second-order valence-corrected chi connectivity index (χ2v) is 4.72. The molecule has 0 unspecified atom stereocenters. The number of fused-ring (bicyclic) bond motifs is 1. The topological polar surface area (TPSA) is 60.4 Å². The van der Waals surface area contributed by atoms with Gasteiger partial charge in [-0.1, -0.05) is 36.4 Å². The van der Waals surface area contributed by atoms with Crippen LogP contribution in [-0.2, 0) is 9.59 Å². The molecule has 0 spiro atoms. The van der Waals surface area contributed by atoms with E-state index in [1.807, 2.05) is 42.5 Å². The molecular weight excluding hydrogens is 242 g/mol. The summed E-state index contributed by atoms with van der Waals surface area (Å²) in [4.78, 5) is 24.4. The number of amides is 1. The SMILES string of the molecule is O=C([O-])[C@H]1CC(=O)N(c2cccc3ccccc23)C1. The number of aliphatic carboxylic acids is 1. The molecule has 3 rings (SSSR count). The quantitative estimate of drug-likeness (QED) is 0.801. The Balaban J connectivity index is 2.05. The van der Waals surface area contributed by atoms with Gasteiger partial charge in [0.15, 0.2) is 0 Å². The van der Waals surface area contributed by atoms with Crippen molar-refractivity contribution in [2.75, 3.05) is 11.4 Å². The van der Waals surface area contributed by atoms with E-state index in [-0.39, 0.29) is 18.9 Å². The Hall–Kier alpha value is -2.36. The molecule has 4 heteroatoms. The summed E-state index contributed by atoms with van der Waals surface area (Å²) in [6.07, 6.45) is 0.0194. The molecule has 4 nitrogen and oxygen atoms in total. The van der Waals surface area contributed by atoms with Crippen LogP contribution in [-0.4, -0.2) is 18.4 Å². The largest absolute Gasteiger partial charge is 0.550 e. The second kappa shape index (κ2) is 4.39. The van der Waals surface area contributed by atoms with Gasteiger partial charge in [-0.05, 0) is 11.5 Å². The van der Waals surface area contributed by atoms with Gasteiger partial charge in [-0.2, -0.15) is 0 Å². The molecule has 1 atom stereocenters. The molecule has 1 aliphatic rings. The zero-order valence-corrected chi connectivity index (χ0v) is 10.2. The Morgan fingerprint density at radius 1 is 1.16 bits per heavy atom. The fourth-order valence-electron chi connectivity index (χ4n) is 2.54. The minimum atomic E-state index is -1.16. The molecule has 1 saturated heterocycles. The molecular formula is C15H12NO3-. The van der Waals surface area contributed by atoms with Gasteiger partial charge in [0.25, 0.3) is 0 Å². The Kier molecular flexibility index (Phi) is 2.71. The van der Waals surface area contributed by atoms with Crippen molar-refractivity contribution in [1.82, 2.24) is 0 Å². The molecule has 1 heterocycles. The fourth-order valence-corrected chi connectivity index (χ4v) is 2.54. The molecule has 1 aliphatic heterocycles. The van der Waals surface area contributed by atoms with Gasteiger partial charge < -0.3 is 14.8 Å². The maximum Gasteiger partial charge on any atom is 0.227 e. The van der Waals surface area contributed by atoms with Crippen LogP contribution >= 0.6 is 0 Å². The van der Waals surface area contributed by atoms with E-state index in [1.54, 1.807) is 4.90 Å². The molecule has 2 aromatic carbocycles. The number of hydrogen-bond acceptors (Lipinski definition) is 3. The average Bonchev–Trinajstić information content (AvgIpc) is 2.80. The van der Waals surface area contributed by atoms with Gasteiger partial charge in [0.2, 0.25) is 5.91 Å². The standard InChI is InChI=1S/C15H13NO3/c17-14-8-11(15(18)19)9-16(14)13-7-3-5-10-4-1-2-6-12(10)13/h1-7,11H,8-9H2,(H,18,19)/p-1/t11-/m0/s1. The number of benzene rings is 2. The smallest absolute Gasteiger partial charge is 0.227 e. The normalized spacial score (nSPS) is 19.1. The molecule has 0 aromatic heterocycles. The van der Waals surface area contributed by atoms with Crippen LogP contribution in [0.5, 0.6) is 0 Å². The molecule has 0 bridgehead atoms. The predicted octanol–water partition coefficient (Wildman–Crippen LogP) is 0.943. The van der Waals surface area contributed by atoms with Crippen molar-refractivity contribution in [2.24, 2.45) is 5.92 Å². The number of nitrogens with zero attached hydrogens (tertiary/aromatic N) is 1. The highest BCUT2D eigenvalue weighted by molar-refractivity contribution is 6.06. The van der Waals surface area contributed by atoms with Crippen molar-refractivity contribution in [2.45, 2.75) is 6.42 Å². The first-order valence-corrected chi connectivity index (χ1v) is 6.16. The molecule has 0 radical (unpaired) electrons. The molecule has 19 heavy (non-hydrogen) atoms. The summed E-state index contributed by atoms with van der Waals surface area (Å²) in [5.41, 5.74) is 0.770. The van der Waals surface area contributed by atoms with E-state index in [0.717, 1.165) is 16.5 Å². The minimum Gasteiger partial charge on any atom is -0.550 e. The van der Waals surface area contributed by atoms with Crippen molar-refractivity contribution in [3.05, 3.63) is 42.5 Å². The van der Waals surface area contributed by atoms with Crippen LogP contribution < -0.4 is 10.0 Å². The maximum absolute atomic E-state index is 12.0. The third kappa shape index (κ3) is 1.95. The first kappa shape index (κ1) is 11.7. The van der Waals surface area contributed by atoms with Crippen LogP contribution in [0.2, 0.25) is 0 Å². The van der Waals surface area contributed by atoms with Crippen LogP contribution in [0.15, 0.2) is 42.5 Å². The van der Waals surface area contributed by atoms with Crippen LogP contribution in [0.1, 0.15) is 6.42 Å². The number of anilines is 1. The van der Waals surface area contributed by atoms with Gasteiger partial charge in [0.1, 0.15) is 0 Å². The highest BCUT2D eigenvalue weighted by Crippen LogP contribution is 2.31. The molecule has 0 saturated carbocycles. The second-order valence-electron chi connectivity index (χ2n) is 4.72. The van der Waals surface area contributed by atoms with Gasteiger partial charge >= 0.3 is 0 Å². The number of carboxylic acids is 1. The Bertz CT molecular complexity index is 660. The summed E-state index contributed by atoms with van der Waals surface area (Å²) in [6, 6.07) is 13.4. The number of rotatable bonds is 2. The third-order valence-electron chi connectivity index (χ3n) is 3.52. The molecule has 0 aliphatic carbocycles. The van der Waals surface area contributed by atoms with E-state index in [2.05, 4.69) is 0 Å². The van der Waals surface area contributed by atoms with Crippen molar-refractivity contribution < 1.29 is 14.7 Å². The van der Waals surface area contributed by atoms with E-state index >= 15 is 0 Å². The molecule has 1 amide bonds. The lowest BCUT2D eigenvalue weighted by molar-refractivity contribution is -0.310. The Labute approximate surface area is 110 Å². The van der Waals surface area contributed by atoms with Gasteiger partial charge in [0, 0.05) is 30.2 Å². The van der Waals surface area contributed by atoms with Crippen LogP contribution in [0.4, 0.5) is 5.69 Å². The number of carboxylic acid groups (broad SMARTS) is 1. The van der Waals surface area contributed by atoms with E-state index in [9.17, 15) is 14.7 Å². The van der Waals surface area contributed by atoms with Crippen LogP contribution in [0, 0.1) is 5.92 Å². The zero-order valence-electron chi connectivity index (χ0n) is 10.2. The number of carbonyl (C=O) groups excluding carboxylic acids is 2. The average molecular weight is 254 g/mol. The minimum absolute atomic E-state index is 0.0194. The summed E-state index contributed by atoms with van der Waals surface area (Å²) in [6.45, 7) is 0.190. The summed E-state index contributed by atoms with van der Waals surface area (Å²) >= 11 is 0. The lowest BCUT2D eigenvalue weighted by atomic mass is 10.1. The van der Waals surface area contributed by atoms with Crippen LogP contribution in [0.25, 0.3) is 10.8 Å². The number of hydrogen-bond donors (Lipinski definition) is 0. The van der Waals surface area contributed by atoms with Gasteiger partial charge in [-0.3, -0.25) is 4.79 Å². The lowest BCUT2D eigenvalue weighted by Gasteiger charge is -2.19. The van der Waals surface area contributed by atoms with Crippen molar-refractivity contribution >= 4 is 28.3 Å². The first-order valence-electron chi connectivity index (χ1n) is 6.16. The van der Waals surface area contributed by atoms with Crippen molar-refractivity contribution in [3.8, 4) is 0 Å². The van der Waals surface area contributed by atoms with E-state index < -0.39 is 11.9 Å². The van der Waals surface area contributed by atoms with Crippen molar-refractivity contribution in [1.29, 1.82) is 0 Å². The third-order valence-corrected chi connectivity index (χ3v) is 3.52. The van der Waals surface area contributed by atoms with Gasteiger partial charge in [-0.15, -0.1) is 0 Å². The zero-order chi connectivity index (χ0) is 13.4. The Morgan fingerprint density at radius 3 is 2.63 bits per heavy atom. The van der Waals surface area contributed by atoms with Gasteiger partial charge in [0.05, 0.1) is 5.69 Å². The number of carbonyl (C=O) groups is 2. The summed E-state index contributed by atoms with van der Waals surface area (Å²) in [7, 11) is 0. The molecule has 1 fully saturated rings. The molecule has 2 aromatic rings. The van der Waals surface area contributed by atoms with Crippen molar-refractivity contribution in [3.63, 3.8) is 0 Å². The van der Waals surface area contributed by atoms with E-state index in [0.29, 0.717) is 0 Å². The lowest BCUT2D eigenvalue weighted by Crippen LogP contribution is -2.33. The molecule has 96 valence electrons.